The van der Waals surface area contributed by atoms with Crippen molar-refractivity contribution in [3.63, 3.8) is 0 Å². The van der Waals surface area contributed by atoms with Gasteiger partial charge in [0.2, 0.25) is 0 Å². The van der Waals surface area contributed by atoms with Gasteiger partial charge in [-0.3, -0.25) is 0 Å². The molecule has 1 aromatic heterocycles. The van der Waals surface area contributed by atoms with Crippen LogP contribution in [-0.4, -0.2) is 11.7 Å². The highest BCUT2D eigenvalue weighted by Crippen LogP contribution is 2.47. The third-order valence-electron chi connectivity index (χ3n) is 8.34. The number of aliphatic imine (C=N–C) groups is 2. The minimum Gasteiger partial charge on any atom is -0.456 e. The Morgan fingerprint density at radius 2 is 1.46 bits per heavy atom. The topological polar surface area (TPSA) is 61.9 Å². The molecule has 9 rings (SSSR count). The number of fused-ring (bicyclic) bond motifs is 6. The van der Waals surface area contributed by atoms with Crippen molar-refractivity contribution >= 4 is 39.5 Å². The van der Waals surface area contributed by atoms with Crippen LogP contribution >= 0.6 is 0 Å². The van der Waals surface area contributed by atoms with Crippen molar-refractivity contribution in [1.29, 1.82) is 0 Å². The molecule has 0 saturated carbocycles. The lowest BCUT2D eigenvalue weighted by Gasteiger charge is -2.29. The lowest BCUT2D eigenvalue weighted by molar-refractivity contribution is 0.585. The van der Waals surface area contributed by atoms with Gasteiger partial charge >= 0.3 is 0 Å². The molecule has 5 nitrogen and oxygen atoms in total. The molecule has 2 unspecified atom stereocenters. The van der Waals surface area contributed by atoms with E-state index in [1.165, 1.54) is 33.0 Å². The summed E-state index contributed by atoms with van der Waals surface area (Å²) in [4.78, 5) is 10.3. The van der Waals surface area contributed by atoms with Gasteiger partial charge in [0.1, 0.15) is 29.1 Å². The van der Waals surface area contributed by atoms with E-state index in [9.17, 15) is 0 Å². The molecular formula is C36H24N4O. The zero-order chi connectivity index (χ0) is 26.9. The quantitative estimate of drug-likeness (QED) is 0.244. The summed E-state index contributed by atoms with van der Waals surface area (Å²) < 4.78 is 6.21. The predicted molar refractivity (Wildman–Crippen MR) is 166 cm³/mol. The molecule has 2 N–H and O–H groups in total. The van der Waals surface area contributed by atoms with E-state index < -0.39 is 0 Å². The van der Waals surface area contributed by atoms with Crippen molar-refractivity contribution in [2.45, 2.75) is 12.2 Å². The minimum atomic E-state index is -0.375. The fourth-order valence-corrected chi connectivity index (χ4v) is 6.52. The third kappa shape index (κ3) is 3.36. The molecule has 0 bridgehead atoms. The van der Waals surface area contributed by atoms with E-state index in [0.29, 0.717) is 0 Å². The number of furan rings is 1. The zero-order valence-electron chi connectivity index (χ0n) is 22.0. The summed E-state index contributed by atoms with van der Waals surface area (Å²) in [6.45, 7) is 0. The molecule has 0 saturated heterocycles. The standard InChI is InChI=1S/C36H24N4O/c1-2-9-21(10-3-1)34-38-35(23-19-22-11-8-15-26-24-12-4-5-13-25(24)28(20-23)31(22)26)40-36(39-34)33-32-27-14-6-7-16-29(27)41-30(32)17-18-37-33/h1-20,33-34,37H,(H,38,39,40). The van der Waals surface area contributed by atoms with E-state index in [-0.39, 0.29) is 12.2 Å². The highest BCUT2D eigenvalue weighted by molar-refractivity contribution is 6.20. The highest BCUT2D eigenvalue weighted by atomic mass is 16.3. The Kier molecular flexibility index (Phi) is 4.66. The second kappa shape index (κ2) is 8.54. The van der Waals surface area contributed by atoms with Crippen LogP contribution in [-0.2, 0) is 0 Å². The molecule has 5 heteroatoms. The van der Waals surface area contributed by atoms with Gasteiger partial charge in [0.25, 0.3) is 0 Å². The Labute approximate surface area is 236 Å². The first kappa shape index (κ1) is 22.4. The van der Waals surface area contributed by atoms with Crippen LogP contribution in [0.5, 0.6) is 0 Å². The van der Waals surface area contributed by atoms with E-state index in [1.54, 1.807) is 0 Å². The fourth-order valence-electron chi connectivity index (χ4n) is 6.52. The Morgan fingerprint density at radius 3 is 2.37 bits per heavy atom. The van der Waals surface area contributed by atoms with Gasteiger partial charge in [-0.05, 0) is 62.9 Å². The van der Waals surface area contributed by atoms with Crippen LogP contribution in [0, 0.1) is 0 Å². The molecule has 0 fully saturated rings. The minimum absolute atomic E-state index is 0.210. The van der Waals surface area contributed by atoms with E-state index in [2.05, 4.69) is 83.4 Å². The van der Waals surface area contributed by atoms with Crippen molar-refractivity contribution in [2.24, 2.45) is 9.98 Å². The summed E-state index contributed by atoms with van der Waals surface area (Å²) in [6.07, 6.45) is 3.55. The molecule has 5 aromatic carbocycles. The molecule has 3 heterocycles. The van der Waals surface area contributed by atoms with Crippen molar-refractivity contribution in [3.05, 3.63) is 138 Å². The molecular weight excluding hydrogens is 504 g/mol. The number of benzene rings is 5. The molecule has 0 radical (unpaired) electrons. The highest BCUT2D eigenvalue weighted by Gasteiger charge is 2.32. The predicted octanol–water partition coefficient (Wildman–Crippen LogP) is 8.00. The summed E-state index contributed by atoms with van der Waals surface area (Å²) in [5, 5.41) is 10.8. The van der Waals surface area contributed by atoms with Crippen LogP contribution in [0.25, 0.3) is 50.1 Å². The molecule has 3 aliphatic rings. The second-order valence-corrected chi connectivity index (χ2v) is 10.7. The van der Waals surface area contributed by atoms with Gasteiger partial charge in [0.05, 0.1) is 0 Å². The second-order valence-electron chi connectivity index (χ2n) is 10.7. The molecule has 6 aromatic rings. The van der Waals surface area contributed by atoms with E-state index >= 15 is 0 Å². The molecule has 194 valence electrons. The third-order valence-corrected chi connectivity index (χ3v) is 8.34. The van der Waals surface area contributed by atoms with Crippen LogP contribution in [0.4, 0.5) is 0 Å². The normalized spacial score (nSPS) is 18.3. The van der Waals surface area contributed by atoms with Crippen LogP contribution < -0.4 is 10.6 Å². The molecule has 1 aliphatic carbocycles. The van der Waals surface area contributed by atoms with Gasteiger partial charge in [0, 0.05) is 22.7 Å². The number of hydrogen-bond acceptors (Lipinski definition) is 5. The Bertz CT molecular complexity index is 2120. The van der Waals surface area contributed by atoms with Crippen molar-refractivity contribution < 1.29 is 4.42 Å². The monoisotopic (exact) mass is 528 g/mol. The van der Waals surface area contributed by atoms with Gasteiger partial charge in [-0.25, -0.2) is 9.98 Å². The van der Waals surface area contributed by atoms with Crippen LogP contribution in [0.15, 0.2) is 130 Å². The lowest BCUT2D eigenvalue weighted by atomic mass is 9.97. The van der Waals surface area contributed by atoms with Crippen LogP contribution in [0.1, 0.15) is 34.7 Å². The number of rotatable bonds is 3. The van der Waals surface area contributed by atoms with Crippen LogP contribution in [0.3, 0.4) is 0 Å². The summed E-state index contributed by atoms with van der Waals surface area (Å²) in [6, 6.07) is 38.0. The number of nitrogens with one attached hydrogen (secondary N) is 2. The van der Waals surface area contributed by atoms with Gasteiger partial charge < -0.3 is 15.1 Å². The van der Waals surface area contributed by atoms with E-state index in [0.717, 1.165) is 45.1 Å². The van der Waals surface area contributed by atoms with Crippen molar-refractivity contribution in [2.75, 3.05) is 0 Å². The van der Waals surface area contributed by atoms with Gasteiger partial charge in [-0.2, -0.15) is 0 Å². The summed E-state index contributed by atoms with van der Waals surface area (Å²) in [5.74, 6) is 2.47. The Morgan fingerprint density at radius 1 is 0.683 bits per heavy atom. The summed E-state index contributed by atoms with van der Waals surface area (Å²) in [7, 11) is 0. The van der Waals surface area contributed by atoms with Crippen molar-refractivity contribution in [3.8, 4) is 22.3 Å². The SMILES string of the molecule is C1=Cc2oc3ccccc3c2C(C2=NC(c3ccccc3)N=C(c3cc4c5c(cccc5c3)-c3ccccc3-4)N2)N1. The first-order valence-electron chi connectivity index (χ1n) is 13.9. The molecule has 2 atom stereocenters. The maximum atomic E-state index is 6.21. The van der Waals surface area contributed by atoms with Gasteiger partial charge in [-0.15, -0.1) is 0 Å². The number of nitrogens with zero attached hydrogens (tertiary/aromatic N) is 2. The molecule has 41 heavy (non-hydrogen) atoms. The number of amidine groups is 2. The zero-order valence-corrected chi connectivity index (χ0v) is 22.0. The van der Waals surface area contributed by atoms with Gasteiger partial charge in [-0.1, -0.05) is 91.0 Å². The maximum absolute atomic E-state index is 6.21. The maximum Gasteiger partial charge on any atom is 0.169 e. The van der Waals surface area contributed by atoms with Gasteiger partial charge in [0.15, 0.2) is 6.17 Å². The average molecular weight is 529 g/mol. The fraction of sp³-hybridized carbons (Fsp3) is 0.0556. The van der Waals surface area contributed by atoms with Crippen molar-refractivity contribution in [1.82, 2.24) is 10.6 Å². The lowest BCUT2D eigenvalue weighted by Crippen LogP contribution is -2.43. The molecule has 0 amide bonds. The smallest absolute Gasteiger partial charge is 0.169 e. The van der Waals surface area contributed by atoms with E-state index in [1.807, 2.05) is 48.7 Å². The Hall–Kier alpha value is -5.42. The molecule has 0 spiro atoms. The number of hydrogen-bond donors (Lipinski definition) is 2. The first-order valence-corrected chi connectivity index (χ1v) is 13.9. The van der Waals surface area contributed by atoms with Crippen LogP contribution in [0.2, 0.25) is 0 Å². The van der Waals surface area contributed by atoms with E-state index in [4.69, 9.17) is 14.4 Å². The molecule has 2 aliphatic heterocycles. The first-order chi connectivity index (χ1) is 20.3. The largest absolute Gasteiger partial charge is 0.456 e. The summed E-state index contributed by atoms with van der Waals surface area (Å²) >= 11 is 0. The Balaban J connectivity index is 1.21. The average Bonchev–Trinajstić information content (AvgIpc) is 3.58. The number of para-hydroxylation sites is 1. The summed E-state index contributed by atoms with van der Waals surface area (Å²) in [5.41, 5.74) is 9.12.